The molecule has 2 nitrogen and oxygen atoms in total. The Balaban J connectivity index is 2.10. The SMILES string of the molecule is OCCNC(Cc1ccccc1)c1ccccc1. The normalized spacial score (nSPS) is 12.3. The molecule has 0 radical (unpaired) electrons. The fourth-order valence-corrected chi connectivity index (χ4v) is 2.08. The lowest BCUT2D eigenvalue weighted by Crippen LogP contribution is -2.26. The first-order chi connectivity index (χ1) is 8.90. The van der Waals surface area contributed by atoms with Crippen molar-refractivity contribution >= 4 is 0 Å². The van der Waals surface area contributed by atoms with Crippen LogP contribution in [0.25, 0.3) is 0 Å². The first-order valence-corrected chi connectivity index (χ1v) is 6.33. The second-order valence-electron chi connectivity index (χ2n) is 4.33. The van der Waals surface area contributed by atoms with Gasteiger partial charge >= 0.3 is 0 Å². The molecule has 0 aliphatic carbocycles. The molecule has 2 aromatic rings. The quantitative estimate of drug-likeness (QED) is 0.814. The van der Waals surface area contributed by atoms with E-state index < -0.39 is 0 Å². The zero-order valence-electron chi connectivity index (χ0n) is 10.4. The minimum absolute atomic E-state index is 0.165. The lowest BCUT2D eigenvalue weighted by molar-refractivity contribution is 0.284. The van der Waals surface area contributed by atoms with Crippen LogP contribution in [0.1, 0.15) is 17.2 Å². The number of aliphatic hydroxyl groups is 1. The molecule has 0 saturated heterocycles. The topological polar surface area (TPSA) is 32.3 Å². The predicted molar refractivity (Wildman–Crippen MR) is 74.4 cm³/mol. The molecule has 1 unspecified atom stereocenters. The highest BCUT2D eigenvalue weighted by Crippen LogP contribution is 2.17. The molecule has 0 aromatic heterocycles. The summed E-state index contributed by atoms with van der Waals surface area (Å²) in [4.78, 5) is 0. The van der Waals surface area contributed by atoms with E-state index in [-0.39, 0.29) is 12.6 Å². The van der Waals surface area contributed by atoms with Crippen LogP contribution in [0.5, 0.6) is 0 Å². The molecule has 2 heteroatoms. The number of benzene rings is 2. The molecule has 1 atom stereocenters. The zero-order valence-corrected chi connectivity index (χ0v) is 10.4. The Morgan fingerprint density at radius 1 is 0.889 bits per heavy atom. The van der Waals surface area contributed by atoms with Crippen LogP contribution in [0.15, 0.2) is 60.7 Å². The fraction of sp³-hybridized carbons (Fsp3) is 0.250. The lowest BCUT2D eigenvalue weighted by atomic mass is 9.99. The molecule has 0 aliphatic rings. The highest BCUT2D eigenvalue weighted by Gasteiger charge is 2.10. The van der Waals surface area contributed by atoms with Gasteiger partial charge in [0.25, 0.3) is 0 Å². The van der Waals surface area contributed by atoms with E-state index in [0.29, 0.717) is 6.54 Å². The summed E-state index contributed by atoms with van der Waals surface area (Å²) in [7, 11) is 0. The summed E-state index contributed by atoms with van der Waals surface area (Å²) in [5.41, 5.74) is 2.56. The van der Waals surface area contributed by atoms with Gasteiger partial charge in [-0.3, -0.25) is 0 Å². The van der Waals surface area contributed by atoms with Crippen LogP contribution in [0, 0.1) is 0 Å². The van der Waals surface area contributed by atoms with Crippen molar-refractivity contribution in [3.8, 4) is 0 Å². The standard InChI is InChI=1S/C16H19NO/c18-12-11-17-16(15-9-5-2-6-10-15)13-14-7-3-1-4-8-14/h1-10,16-18H,11-13H2. The Bertz CT molecular complexity index is 441. The average Bonchev–Trinajstić information content (AvgIpc) is 2.45. The second kappa shape index (κ2) is 6.94. The largest absolute Gasteiger partial charge is 0.395 e. The Morgan fingerprint density at radius 2 is 1.50 bits per heavy atom. The number of nitrogens with one attached hydrogen (secondary N) is 1. The minimum Gasteiger partial charge on any atom is -0.395 e. The van der Waals surface area contributed by atoms with E-state index in [4.69, 9.17) is 5.11 Å². The van der Waals surface area contributed by atoms with Gasteiger partial charge in [0.05, 0.1) is 6.61 Å². The van der Waals surface area contributed by atoms with E-state index >= 15 is 0 Å². The van der Waals surface area contributed by atoms with E-state index in [1.807, 2.05) is 24.3 Å². The summed E-state index contributed by atoms with van der Waals surface area (Å²) >= 11 is 0. The van der Waals surface area contributed by atoms with E-state index in [1.54, 1.807) is 0 Å². The third kappa shape index (κ3) is 3.69. The van der Waals surface area contributed by atoms with Crippen molar-refractivity contribution in [2.75, 3.05) is 13.2 Å². The van der Waals surface area contributed by atoms with Crippen LogP contribution < -0.4 is 5.32 Å². The van der Waals surface area contributed by atoms with Gasteiger partial charge in [-0.05, 0) is 17.5 Å². The Morgan fingerprint density at radius 3 is 2.11 bits per heavy atom. The van der Waals surface area contributed by atoms with Crippen LogP contribution in [-0.2, 0) is 6.42 Å². The maximum atomic E-state index is 8.97. The number of hydrogen-bond acceptors (Lipinski definition) is 2. The predicted octanol–water partition coefficient (Wildman–Crippen LogP) is 2.55. The maximum absolute atomic E-state index is 8.97. The molecule has 0 fully saturated rings. The number of hydrogen-bond donors (Lipinski definition) is 2. The molecule has 94 valence electrons. The van der Waals surface area contributed by atoms with E-state index in [0.717, 1.165) is 6.42 Å². The zero-order chi connectivity index (χ0) is 12.6. The van der Waals surface area contributed by atoms with Crippen LogP contribution in [0.2, 0.25) is 0 Å². The molecule has 0 amide bonds. The third-order valence-corrected chi connectivity index (χ3v) is 2.99. The minimum atomic E-state index is 0.165. The van der Waals surface area contributed by atoms with Gasteiger partial charge < -0.3 is 10.4 Å². The van der Waals surface area contributed by atoms with Gasteiger partial charge in [0.15, 0.2) is 0 Å². The molecule has 0 spiro atoms. The van der Waals surface area contributed by atoms with Gasteiger partial charge in [-0.1, -0.05) is 60.7 Å². The molecule has 2 rings (SSSR count). The number of rotatable bonds is 6. The van der Waals surface area contributed by atoms with Crippen molar-refractivity contribution in [3.63, 3.8) is 0 Å². The Kier molecular flexibility index (Phi) is 4.94. The van der Waals surface area contributed by atoms with Crippen molar-refractivity contribution in [1.29, 1.82) is 0 Å². The molecular weight excluding hydrogens is 222 g/mol. The lowest BCUT2D eigenvalue weighted by Gasteiger charge is -2.19. The monoisotopic (exact) mass is 241 g/mol. The van der Waals surface area contributed by atoms with Crippen molar-refractivity contribution < 1.29 is 5.11 Å². The summed E-state index contributed by atoms with van der Waals surface area (Å²) in [6, 6.07) is 21.0. The summed E-state index contributed by atoms with van der Waals surface area (Å²) in [5.74, 6) is 0. The van der Waals surface area contributed by atoms with Gasteiger partial charge in [-0.15, -0.1) is 0 Å². The molecule has 2 aromatic carbocycles. The Labute approximate surface area is 108 Å². The van der Waals surface area contributed by atoms with E-state index in [1.165, 1.54) is 11.1 Å². The summed E-state index contributed by atoms with van der Waals surface area (Å²) in [6.45, 7) is 0.782. The highest BCUT2D eigenvalue weighted by atomic mass is 16.3. The smallest absolute Gasteiger partial charge is 0.0556 e. The molecular formula is C16H19NO. The Hall–Kier alpha value is -1.64. The van der Waals surface area contributed by atoms with Crippen LogP contribution >= 0.6 is 0 Å². The summed E-state index contributed by atoms with van der Waals surface area (Å²) in [6.07, 6.45) is 0.935. The summed E-state index contributed by atoms with van der Waals surface area (Å²) in [5, 5.41) is 12.3. The van der Waals surface area contributed by atoms with Gasteiger partial charge in [-0.25, -0.2) is 0 Å². The van der Waals surface area contributed by atoms with Crippen molar-refractivity contribution in [2.45, 2.75) is 12.5 Å². The van der Waals surface area contributed by atoms with Crippen LogP contribution in [-0.4, -0.2) is 18.3 Å². The molecule has 0 saturated carbocycles. The number of aliphatic hydroxyl groups excluding tert-OH is 1. The van der Waals surface area contributed by atoms with Crippen molar-refractivity contribution in [3.05, 3.63) is 71.8 Å². The van der Waals surface area contributed by atoms with Gasteiger partial charge in [-0.2, -0.15) is 0 Å². The molecule has 0 aliphatic heterocycles. The van der Waals surface area contributed by atoms with Crippen molar-refractivity contribution in [1.82, 2.24) is 5.32 Å². The van der Waals surface area contributed by atoms with Gasteiger partial charge in [0.1, 0.15) is 0 Å². The van der Waals surface area contributed by atoms with Gasteiger partial charge in [0, 0.05) is 12.6 Å². The van der Waals surface area contributed by atoms with Gasteiger partial charge in [0.2, 0.25) is 0 Å². The van der Waals surface area contributed by atoms with Crippen LogP contribution in [0.3, 0.4) is 0 Å². The molecule has 2 N–H and O–H groups in total. The molecule has 0 bridgehead atoms. The molecule has 0 heterocycles. The van der Waals surface area contributed by atoms with E-state index in [9.17, 15) is 0 Å². The average molecular weight is 241 g/mol. The highest BCUT2D eigenvalue weighted by molar-refractivity contribution is 5.23. The van der Waals surface area contributed by atoms with E-state index in [2.05, 4.69) is 41.7 Å². The van der Waals surface area contributed by atoms with Crippen LogP contribution in [0.4, 0.5) is 0 Å². The van der Waals surface area contributed by atoms with Crippen molar-refractivity contribution in [2.24, 2.45) is 0 Å². The summed E-state index contributed by atoms with van der Waals surface area (Å²) < 4.78 is 0. The maximum Gasteiger partial charge on any atom is 0.0556 e. The first kappa shape index (κ1) is 12.8. The third-order valence-electron chi connectivity index (χ3n) is 2.99. The second-order valence-corrected chi connectivity index (χ2v) is 4.33. The first-order valence-electron chi connectivity index (χ1n) is 6.33. The molecule has 18 heavy (non-hydrogen) atoms. The fourth-order valence-electron chi connectivity index (χ4n) is 2.08.